The summed E-state index contributed by atoms with van der Waals surface area (Å²) in [6.45, 7) is 10.6. The second kappa shape index (κ2) is 12.2. The van der Waals surface area contributed by atoms with E-state index >= 15 is 0 Å². The van der Waals surface area contributed by atoms with Crippen LogP contribution in [-0.2, 0) is 16.0 Å². The maximum absolute atomic E-state index is 13.8. The molecule has 6 rings (SSSR count). The van der Waals surface area contributed by atoms with Gasteiger partial charge in [-0.25, -0.2) is 4.79 Å². The maximum Gasteiger partial charge on any atom is 0.412 e. The largest absolute Gasteiger partial charge is 0.444 e. The standard InChI is InChI=1S/C34H39N5O4/c1-34(2,3)43-33(41)37-29-12-11-25(23-7-5-4-6-8-23)21-30(29)36-32(40)26-19-27-22-35-39(14-13-38-15-17-42-18-16-38)31(27)28(20-26)24-9-10-24/h4-8,11-12,19-22,24H,9-10,13-18H2,1-3H3,(H,36,40)(H,37,41). The van der Waals surface area contributed by atoms with Crippen LogP contribution in [0.4, 0.5) is 16.2 Å². The van der Waals surface area contributed by atoms with E-state index in [1.54, 1.807) is 6.07 Å². The summed E-state index contributed by atoms with van der Waals surface area (Å²) in [6, 6.07) is 19.4. The Hall–Kier alpha value is -4.21. The number of ether oxygens (including phenoxy) is 2. The molecule has 0 atom stereocenters. The number of nitrogens with zero attached hydrogens (tertiary/aromatic N) is 3. The van der Waals surface area contributed by atoms with Gasteiger partial charge in [0.1, 0.15) is 5.60 Å². The monoisotopic (exact) mass is 581 g/mol. The fourth-order valence-electron chi connectivity index (χ4n) is 5.51. The van der Waals surface area contributed by atoms with Crippen molar-refractivity contribution >= 4 is 34.3 Å². The topological polar surface area (TPSA) is 97.7 Å². The Morgan fingerprint density at radius 3 is 2.42 bits per heavy atom. The van der Waals surface area contributed by atoms with Crippen molar-refractivity contribution in [1.82, 2.24) is 14.7 Å². The van der Waals surface area contributed by atoms with Crippen molar-refractivity contribution in [3.63, 3.8) is 0 Å². The number of nitrogens with one attached hydrogen (secondary N) is 2. The quantitative estimate of drug-likeness (QED) is 0.246. The van der Waals surface area contributed by atoms with Crippen molar-refractivity contribution in [3.8, 4) is 11.1 Å². The Balaban J connectivity index is 1.28. The van der Waals surface area contributed by atoms with Gasteiger partial charge in [-0.1, -0.05) is 36.4 Å². The minimum Gasteiger partial charge on any atom is -0.444 e. The smallest absolute Gasteiger partial charge is 0.412 e. The molecule has 224 valence electrons. The number of benzene rings is 3. The zero-order valence-corrected chi connectivity index (χ0v) is 25.1. The zero-order chi connectivity index (χ0) is 30.0. The van der Waals surface area contributed by atoms with Gasteiger partial charge >= 0.3 is 6.09 Å². The molecule has 2 N–H and O–H groups in total. The number of carbonyl (C=O) groups excluding carboxylic acids is 2. The molecule has 1 aromatic heterocycles. The van der Waals surface area contributed by atoms with Gasteiger partial charge in [0.15, 0.2) is 0 Å². The third-order valence-electron chi connectivity index (χ3n) is 7.78. The lowest BCUT2D eigenvalue weighted by Gasteiger charge is -2.26. The molecular weight excluding hydrogens is 542 g/mol. The molecule has 2 amide bonds. The van der Waals surface area contributed by atoms with E-state index in [2.05, 4.69) is 20.2 Å². The molecule has 9 nitrogen and oxygen atoms in total. The Labute approximate surface area is 252 Å². The molecule has 2 heterocycles. The first-order valence-corrected chi connectivity index (χ1v) is 15.0. The molecule has 0 unspecified atom stereocenters. The van der Waals surface area contributed by atoms with Crippen molar-refractivity contribution < 1.29 is 19.1 Å². The van der Waals surface area contributed by atoms with E-state index in [-0.39, 0.29) is 5.91 Å². The normalized spacial score (nSPS) is 15.8. The van der Waals surface area contributed by atoms with Crippen molar-refractivity contribution in [2.45, 2.75) is 51.7 Å². The first-order valence-electron chi connectivity index (χ1n) is 15.0. The van der Waals surface area contributed by atoms with Crippen LogP contribution >= 0.6 is 0 Å². The van der Waals surface area contributed by atoms with Crippen LogP contribution in [0.2, 0.25) is 0 Å². The molecule has 1 aliphatic heterocycles. The predicted octanol–water partition coefficient (Wildman–Crippen LogP) is 6.51. The number of hydrogen-bond acceptors (Lipinski definition) is 6. The predicted molar refractivity (Wildman–Crippen MR) is 169 cm³/mol. The highest BCUT2D eigenvalue weighted by molar-refractivity contribution is 6.09. The molecule has 2 fully saturated rings. The Morgan fingerprint density at radius 2 is 1.70 bits per heavy atom. The molecule has 1 saturated carbocycles. The number of amides is 2. The molecule has 3 aromatic carbocycles. The van der Waals surface area contributed by atoms with Gasteiger partial charge in [-0.3, -0.25) is 19.7 Å². The molecule has 1 saturated heterocycles. The van der Waals surface area contributed by atoms with Crippen LogP contribution in [0.1, 0.15) is 55.5 Å². The fourth-order valence-corrected chi connectivity index (χ4v) is 5.51. The highest BCUT2D eigenvalue weighted by Crippen LogP contribution is 2.44. The second-order valence-electron chi connectivity index (χ2n) is 12.3. The van der Waals surface area contributed by atoms with Crippen LogP contribution in [-0.4, -0.2) is 65.1 Å². The number of fused-ring (bicyclic) bond motifs is 1. The van der Waals surface area contributed by atoms with Crippen LogP contribution in [0.25, 0.3) is 22.0 Å². The van der Waals surface area contributed by atoms with Crippen LogP contribution in [0.5, 0.6) is 0 Å². The fraction of sp³-hybridized carbons (Fsp3) is 0.382. The summed E-state index contributed by atoms with van der Waals surface area (Å²) in [5, 5.41) is 11.6. The van der Waals surface area contributed by atoms with Crippen LogP contribution in [0.15, 0.2) is 66.9 Å². The summed E-state index contributed by atoms with van der Waals surface area (Å²) < 4.78 is 13.1. The van der Waals surface area contributed by atoms with E-state index in [1.807, 2.05) is 81.6 Å². The van der Waals surface area contributed by atoms with Crippen molar-refractivity contribution in [1.29, 1.82) is 0 Å². The van der Waals surface area contributed by atoms with E-state index in [9.17, 15) is 9.59 Å². The maximum atomic E-state index is 13.8. The van der Waals surface area contributed by atoms with Gasteiger partial charge in [0.05, 0.1) is 42.8 Å². The van der Waals surface area contributed by atoms with Gasteiger partial charge in [-0.2, -0.15) is 5.10 Å². The van der Waals surface area contributed by atoms with Gasteiger partial charge in [-0.15, -0.1) is 0 Å². The first-order chi connectivity index (χ1) is 20.7. The molecule has 1 aliphatic carbocycles. The van der Waals surface area contributed by atoms with Gasteiger partial charge in [0.25, 0.3) is 5.91 Å². The Morgan fingerprint density at radius 1 is 0.930 bits per heavy atom. The summed E-state index contributed by atoms with van der Waals surface area (Å²) >= 11 is 0. The second-order valence-corrected chi connectivity index (χ2v) is 12.3. The summed E-state index contributed by atoms with van der Waals surface area (Å²) in [7, 11) is 0. The molecule has 0 bridgehead atoms. The minimum absolute atomic E-state index is 0.248. The van der Waals surface area contributed by atoms with E-state index < -0.39 is 11.7 Å². The lowest BCUT2D eigenvalue weighted by Crippen LogP contribution is -2.38. The van der Waals surface area contributed by atoms with Gasteiger partial charge < -0.3 is 14.8 Å². The van der Waals surface area contributed by atoms with Gasteiger partial charge in [0.2, 0.25) is 0 Å². The van der Waals surface area contributed by atoms with Gasteiger partial charge in [0, 0.05) is 30.6 Å². The molecule has 0 spiro atoms. The van der Waals surface area contributed by atoms with Crippen LogP contribution in [0.3, 0.4) is 0 Å². The van der Waals surface area contributed by atoms with Gasteiger partial charge in [-0.05, 0) is 80.5 Å². The van der Waals surface area contributed by atoms with Crippen molar-refractivity contribution in [3.05, 3.63) is 78.0 Å². The molecule has 43 heavy (non-hydrogen) atoms. The highest BCUT2D eigenvalue weighted by atomic mass is 16.6. The van der Waals surface area contributed by atoms with Crippen molar-refractivity contribution in [2.75, 3.05) is 43.5 Å². The Kier molecular flexibility index (Phi) is 8.19. The number of hydrogen-bond donors (Lipinski definition) is 2. The number of anilines is 2. The summed E-state index contributed by atoms with van der Waals surface area (Å²) in [6.07, 6.45) is 3.50. The van der Waals surface area contributed by atoms with Crippen LogP contribution in [0, 0.1) is 0 Å². The summed E-state index contributed by atoms with van der Waals surface area (Å²) in [5.41, 5.74) is 5.07. The van der Waals surface area contributed by atoms with E-state index in [1.165, 1.54) is 5.56 Å². The number of carbonyl (C=O) groups is 2. The molecular formula is C34H39N5O4. The number of morpholine rings is 1. The zero-order valence-electron chi connectivity index (χ0n) is 25.1. The SMILES string of the molecule is CC(C)(C)OC(=O)Nc1ccc(-c2ccccc2)cc1NC(=O)c1cc(C2CC2)c2c(cnn2CCN2CCOCC2)c1. The van der Waals surface area contributed by atoms with E-state index in [0.29, 0.717) is 22.9 Å². The third-order valence-corrected chi connectivity index (χ3v) is 7.78. The first kappa shape index (κ1) is 28.9. The minimum atomic E-state index is -0.654. The lowest BCUT2D eigenvalue weighted by atomic mass is 10.0. The number of aromatic nitrogens is 2. The summed E-state index contributed by atoms with van der Waals surface area (Å²) in [5.74, 6) is 0.183. The third kappa shape index (κ3) is 7.06. The highest BCUT2D eigenvalue weighted by Gasteiger charge is 2.29. The van der Waals surface area contributed by atoms with Crippen molar-refractivity contribution in [2.24, 2.45) is 0 Å². The number of rotatable bonds is 8. The van der Waals surface area contributed by atoms with E-state index in [4.69, 9.17) is 14.6 Å². The van der Waals surface area contributed by atoms with Crippen LogP contribution < -0.4 is 10.6 Å². The molecule has 9 heteroatoms. The molecule has 4 aromatic rings. The Bertz CT molecular complexity index is 1620. The lowest BCUT2D eigenvalue weighted by molar-refractivity contribution is 0.0361. The van der Waals surface area contributed by atoms with E-state index in [0.717, 1.165) is 74.3 Å². The summed E-state index contributed by atoms with van der Waals surface area (Å²) in [4.78, 5) is 28.9. The average molecular weight is 582 g/mol. The average Bonchev–Trinajstić information content (AvgIpc) is 3.76. The molecule has 0 radical (unpaired) electrons. The molecule has 2 aliphatic rings.